The Bertz CT molecular complexity index is 1260. The molecule has 3 aromatic carbocycles. The minimum atomic E-state index is -0.635. The third-order valence-corrected chi connectivity index (χ3v) is 6.70. The van der Waals surface area contributed by atoms with Crippen LogP contribution < -0.4 is 0 Å². The normalized spacial score (nSPS) is 17.3. The van der Waals surface area contributed by atoms with Crippen LogP contribution in [0.2, 0.25) is 0 Å². The minimum Gasteiger partial charge on any atom is -0.206 e. The highest BCUT2D eigenvalue weighted by Gasteiger charge is 2.18. The molecule has 1 fully saturated rings. The molecule has 4 rings (SSSR count). The molecule has 0 amide bonds. The van der Waals surface area contributed by atoms with E-state index in [0.717, 1.165) is 34.1 Å². The second kappa shape index (κ2) is 10.7. The highest BCUT2D eigenvalue weighted by atomic mass is 19.1. The Morgan fingerprint density at radius 3 is 2.00 bits per heavy atom. The standard InChI is InChI=1S/C32H30F2/c1-22-4-6-27(7-5-22)21-28-12-9-25(10-13-28)8-11-26-14-15-29(24(3)20-26)16-17-30-31(33)18-23(2)19-32(30)34/h9-10,12-15,18-20,22,27H,4-7,21H2,1-3H3. The van der Waals surface area contributed by atoms with Crippen molar-refractivity contribution in [2.24, 2.45) is 11.8 Å². The second-order valence-corrected chi connectivity index (χ2v) is 9.66. The Morgan fingerprint density at radius 2 is 1.35 bits per heavy atom. The third kappa shape index (κ3) is 6.15. The topological polar surface area (TPSA) is 0 Å². The van der Waals surface area contributed by atoms with Crippen LogP contribution >= 0.6 is 0 Å². The van der Waals surface area contributed by atoms with Crippen molar-refractivity contribution in [3.05, 3.63) is 105 Å². The van der Waals surface area contributed by atoms with Gasteiger partial charge in [0.2, 0.25) is 0 Å². The van der Waals surface area contributed by atoms with E-state index < -0.39 is 11.6 Å². The molecule has 0 saturated heterocycles. The number of aryl methyl sites for hydroxylation is 2. The van der Waals surface area contributed by atoms with Crippen LogP contribution in [0.5, 0.6) is 0 Å². The van der Waals surface area contributed by atoms with E-state index >= 15 is 0 Å². The molecule has 1 aliphatic carbocycles. The largest absolute Gasteiger partial charge is 0.206 e. The van der Waals surface area contributed by atoms with Crippen molar-refractivity contribution in [3.63, 3.8) is 0 Å². The van der Waals surface area contributed by atoms with E-state index in [4.69, 9.17) is 0 Å². The molecular formula is C32H30F2. The summed E-state index contributed by atoms with van der Waals surface area (Å²) < 4.78 is 28.1. The maximum absolute atomic E-state index is 14.0. The zero-order valence-corrected chi connectivity index (χ0v) is 20.1. The molecule has 0 heterocycles. The number of rotatable bonds is 2. The number of benzene rings is 3. The Balaban J connectivity index is 1.42. The summed E-state index contributed by atoms with van der Waals surface area (Å²) in [5.41, 5.74) is 5.26. The summed E-state index contributed by atoms with van der Waals surface area (Å²) >= 11 is 0. The molecule has 0 aromatic heterocycles. The molecule has 172 valence electrons. The van der Waals surface area contributed by atoms with Gasteiger partial charge in [-0.3, -0.25) is 0 Å². The summed E-state index contributed by atoms with van der Waals surface area (Å²) in [6.45, 7) is 5.94. The number of hydrogen-bond acceptors (Lipinski definition) is 0. The van der Waals surface area contributed by atoms with E-state index in [0.29, 0.717) is 5.56 Å². The van der Waals surface area contributed by atoms with Crippen LogP contribution in [0, 0.1) is 61.0 Å². The van der Waals surface area contributed by atoms with Crippen molar-refractivity contribution in [2.75, 3.05) is 0 Å². The fraction of sp³-hybridized carbons (Fsp3) is 0.312. The van der Waals surface area contributed by atoms with Gasteiger partial charge in [-0.2, -0.15) is 0 Å². The van der Waals surface area contributed by atoms with Gasteiger partial charge in [-0.25, -0.2) is 8.78 Å². The summed E-state index contributed by atoms with van der Waals surface area (Å²) in [5.74, 6) is 12.4. The Morgan fingerprint density at radius 1 is 0.735 bits per heavy atom. The number of hydrogen-bond donors (Lipinski definition) is 0. The van der Waals surface area contributed by atoms with Gasteiger partial charge in [0.1, 0.15) is 11.6 Å². The molecule has 0 spiro atoms. The first-order valence-electron chi connectivity index (χ1n) is 12.1. The highest BCUT2D eigenvalue weighted by Crippen LogP contribution is 2.30. The lowest BCUT2D eigenvalue weighted by Crippen LogP contribution is -2.14. The molecule has 0 aliphatic heterocycles. The third-order valence-electron chi connectivity index (χ3n) is 6.70. The van der Waals surface area contributed by atoms with E-state index in [2.05, 4.69) is 54.9 Å². The van der Waals surface area contributed by atoms with Gasteiger partial charge in [-0.05, 0) is 104 Å². The summed E-state index contributed by atoms with van der Waals surface area (Å²) in [7, 11) is 0. The predicted octanol–water partition coefficient (Wildman–Crippen LogP) is 7.75. The van der Waals surface area contributed by atoms with Gasteiger partial charge >= 0.3 is 0 Å². The van der Waals surface area contributed by atoms with Crippen molar-refractivity contribution >= 4 is 0 Å². The van der Waals surface area contributed by atoms with E-state index in [9.17, 15) is 8.78 Å². The lowest BCUT2D eigenvalue weighted by Gasteiger charge is -2.26. The lowest BCUT2D eigenvalue weighted by molar-refractivity contribution is 0.289. The smallest absolute Gasteiger partial charge is 0.142 e. The van der Waals surface area contributed by atoms with Gasteiger partial charge in [-0.1, -0.05) is 55.6 Å². The van der Waals surface area contributed by atoms with Crippen LogP contribution in [0.1, 0.15) is 71.6 Å². The van der Waals surface area contributed by atoms with Crippen molar-refractivity contribution < 1.29 is 8.78 Å². The molecule has 34 heavy (non-hydrogen) atoms. The van der Waals surface area contributed by atoms with Crippen LogP contribution in [0.4, 0.5) is 8.78 Å². The first kappa shape index (κ1) is 23.8. The predicted molar refractivity (Wildman–Crippen MR) is 136 cm³/mol. The Labute approximate surface area is 202 Å². The van der Waals surface area contributed by atoms with Gasteiger partial charge < -0.3 is 0 Å². The van der Waals surface area contributed by atoms with Gasteiger partial charge in [0.25, 0.3) is 0 Å². The molecule has 0 radical (unpaired) electrons. The van der Waals surface area contributed by atoms with Crippen LogP contribution in [-0.4, -0.2) is 0 Å². The van der Waals surface area contributed by atoms with Gasteiger partial charge in [0.15, 0.2) is 0 Å². The molecule has 2 heteroatoms. The zero-order chi connectivity index (χ0) is 24.1. The van der Waals surface area contributed by atoms with Crippen LogP contribution in [0.15, 0.2) is 54.6 Å². The van der Waals surface area contributed by atoms with E-state index in [-0.39, 0.29) is 5.56 Å². The summed E-state index contributed by atoms with van der Waals surface area (Å²) in [5, 5.41) is 0. The van der Waals surface area contributed by atoms with Crippen molar-refractivity contribution in [3.8, 4) is 23.7 Å². The monoisotopic (exact) mass is 452 g/mol. The molecule has 0 N–H and O–H groups in total. The second-order valence-electron chi connectivity index (χ2n) is 9.66. The maximum Gasteiger partial charge on any atom is 0.142 e. The molecule has 1 aliphatic rings. The molecule has 0 atom stereocenters. The molecule has 0 unspecified atom stereocenters. The van der Waals surface area contributed by atoms with Gasteiger partial charge in [0.05, 0.1) is 5.56 Å². The minimum absolute atomic E-state index is 0.199. The molecule has 0 nitrogen and oxygen atoms in total. The van der Waals surface area contributed by atoms with Gasteiger partial charge in [-0.15, -0.1) is 0 Å². The molecular weight excluding hydrogens is 422 g/mol. The van der Waals surface area contributed by atoms with E-state index in [1.54, 1.807) is 6.92 Å². The number of halogens is 2. The van der Waals surface area contributed by atoms with Crippen molar-refractivity contribution in [2.45, 2.75) is 52.9 Å². The van der Waals surface area contributed by atoms with Crippen molar-refractivity contribution in [1.82, 2.24) is 0 Å². The van der Waals surface area contributed by atoms with E-state index in [1.165, 1.54) is 49.8 Å². The first-order chi connectivity index (χ1) is 16.4. The summed E-state index contributed by atoms with van der Waals surface area (Å²) in [4.78, 5) is 0. The molecule has 0 bridgehead atoms. The lowest BCUT2D eigenvalue weighted by atomic mass is 9.80. The Kier molecular flexibility index (Phi) is 7.49. The Hall–Kier alpha value is -3.36. The summed E-state index contributed by atoms with van der Waals surface area (Å²) in [6.07, 6.45) is 6.57. The fourth-order valence-corrected chi connectivity index (χ4v) is 4.57. The first-order valence-corrected chi connectivity index (χ1v) is 12.1. The average molecular weight is 453 g/mol. The summed E-state index contributed by atoms with van der Waals surface area (Å²) in [6, 6.07) is 16.9. The molecule has 3 aromatic rings. The average Bonchev–Trinajstić information content (AvgIpc) is 2.80. The quantitative estimate of drug-likeness (QED) is 0.349. The van der Waals surface area contributed by atoms with Crippen LogP contribution in [0.25, 0.3) is 0 Å². The van der Waals surface area contributed by atoms with Crippen LogP contribution in [0.3, 0.4) is 0 Å². The maximum atomic E-state index is 14.0. The zero-order valence-electron chi connectivity index (χ0n) is 20.1. The van der Waals surface area contributed by atoms with Crippen molar-refractivity contribution in [1.29, 1.82) is 0 Å². The SMILES string of the molecule is Cc1cc(F)c(C#Cc2ccc(C#Cc3ccc(CC4CCC(C)CC4)cc3)cc2C)c(F)c1. The van der Waals surface area contributed by atoms with E-state index in [1.807, 2.05) is 25.1 Å². The highest BCUT2D eigenvalue weighted by molar-refractivity contribution is 5.52. The fourth-order valence-electron chi connectivity index (χ4n) is 4.57. The molecule has 1 saturated carbocycles. The van der Waals surface area contributed by atoms with Gasteiger partial charge in [0, 0.05) is 16.7 Å². The van der Waals surface area contributed by atoms with Crippen LogP contribution in [-0.2, 0) is 6.42 Å².